The van der Waals surface area contributed by atoms with Crippen molar-refractivity contribution in [3.63, 3.8) is 0 Å². The quantitative estimate of drug-likeness (QED) is 0.895. The highest BCUT2D eigenvalue weighted by Crippen LogP contribution is 2.40. The van der Waals surface area contributed by atoms with Crippen LogP contribution in [0.5, 0.6) is 0 Å². The van der Waals surface area contributed by atoms with Gasteiger partial charge in [-0.25, -0.2) is 9.97 Å². The first-order chi connectivity index (χ1) is 12.4. The Kier molecular flexibility index (Phi) is 4.63. The molecule has 0 aromatic carbocycles. The van der Waals surface area contributed by atoms with Gasteiger partial charge in [0, 0.05) is 29.9 Å². The van der Waals surface area contributed by atoms with Crippen LogP contribution in [0.25, 0.3) is 10.2 Å². The maximum absolute atomic E-state index is 12.2. The third-order valence-electron chi connectivity index (χ3n) is 5.53. The zero-order chi connectivity index (χ0) is 18.3. The summed E-state index contributed by atoms with van der Waals surface area (Å²) in [4.78, 5) is 26.5. The van der Waals surface area contributed by atoms with Gasteiger partial charge in [-0.3, -0.25) is 4.79 Å². The molecule has 1 aliphatic carbocycles. The van der Waals surface area contributed by atoms with Gasteiger partial charge in [-0.05, 0) is 43.6 Å². The Balaban J connectivity index is 1.52. The number of carbonyl (C=O) groups excluding carboxylic acids is 1. The fourth-order valence-corrected chi connectivity index (χ4v) is 5.30. The molecule has 0 bridgehead atoms. The van der Waals surface area contributed by atoms with Gasteiger partial charge in [0.05, 0.1) is 5.39 Å². The number of rotatable bonds is 3. The number of hydrogen-bond donors (Lipinski definition) is 1. The van der Waals surface area contributed by atoms with Gasteiger partial charge < -0.3 is 10.2 Å². The van der Waals surface area contributed by atoms with E-state index in [9.17, 15) is 4.79 Å². The number of amides is 1. The zero-order valence-corrected chi connectivity index (χ0v) is 16.8. The van der Waals surface area contributed by atoms with E-state index < -0.39 is 0 Å². The number of thiophene rings is 1. The smallest absolute Gasteiger partial charge is 0.225 e. The van der Waals surface area contributed by atoms with Gasteiger partial charge in [-0.1, -0.05) is 20.8 Å². The predicted octanol–water partition coefficient (Wildman–Crippen LogP) is 3.56. The molecule has 2 aliphatic rings. The van der Waals surface area contributed by atoms with Crippen molar-refractivity contribution >= 4 is 33.3 Å². The van der Waals surface area contributed by atoms with Crippen molar-refractivity contribution in [3.05, 3.63) is 16.8 Å². The van der Waals surface area contributed by atoms with Gasteiger partial charge in [0.2, 0.25) is 5.91 Å². The minimum Gasteiger partial charge on any atom is -0.356 e. The van der Waals surface area contributed by atoms with E-state index in [0.29, 0.717) is 5.92 Å². The molecule has 1 unspecified atom stereocenters. The van der Waals surface area contributed by atoms with Crippen molar-refractivity contribution in [1.29, 1.82) is 0 Å². The van der Waals surface area contributed by atoms with E-state index in [-0.39, 0.29) is 11.3 Å². The maximum atomic E-state index is 12.2. The number of hydrogen-bond acceptors (Lipinski definition) is 5. The summed E-state index contributed by atoms with van der Waals surface area (Å²) in [6.45, 7) is 8.64. The lowest BCUT2D eigenvalue weighted by atomic mass is 9.94. The lowest BCUT2D eigenvalue weighted by Crippen LogP contribution is -2.43. The molecule has 2 aromatic rings. The SMILES string of the molecule is CC(C)(C)C(=O)NCC1CCCN(c2ncnc3sc4c(c23)CCC4)C1. The topological polar surface area (TPSA) is 58.1 Å². The molecular weight excluding hydrogens is 344 g/mol. The highest BCUT2D eigenvalue weighted by molar-refractivity contribution is 7.19. The number of aryl methyl sites for hydroxylation is 2. The highest BCUT2D eigenvalue weighted by atomic mass is 32.1. The van der Waals surface area contributed by atoms with Crippen LogP contribution in [0, 0.1) is 11.3 Å². The number of fused-ring (bicyclic) bond motifs is 3. The standard InChI is InChI=1S/C20H28N4OS/c1-20(2,3)19(25)21-10-13-6-5-9-24(11-13)17-16-14-7-4-8-15(14)26-18(16)23-12-22-17/h12-13H,4-11H2,1-3H3,(H,21,25). The molecule has 0 spiro atoms. The number of nitrogens with one attached hydrogen (secondary N) is 1. The monoisotopic (exact) mass is 372 g/mol. The van der Waals surface area contributed by atoms with Crippen molar-refractivity contribution in [2.24, 2.45) is 11.3 Å². The lowest BCUT2D eigenvalue weighted by molar-refractivity contribution is -0.128. The molecule has 0 saturated carbocycles. The highest BCUT2D eigenvalue weighted by Gasteiger charge is 2.28. The van der Waals surface area contributed by atoms with E-state index in [1.165, 1.54) is 28.7 Å². The van der Waals surface area contributed by atoms with Crippen molar-refractivity contribution in [1.82, 2.24) is 15.3 Å². The fraction of sp³-hybridized carbons (Fsp3) is 0.650. The van der Waals surface area contributed by atoms with Crippen LogP contribution >= 0.6 is 11.3 Å². The number of nitrogens with zero attached hydrogens (tertiary/aromatic N) is 3. The minimum absolute atomic E-state index is 0.134. The molecule has 6 heteroatoms. The van der Waals surface area contributed by atoms with Gasteiger partial charge in [0.1, 0.15) is 17.0 Å². The van der Waals surface area contributed by atoms with Crippen LogP contribution < -0.4 is 10.2 Å². The normalized spacial score (nSPS) is 20.4. The van der Waals surface area contributed by atoms with Crippen LogP contribution in [0.3, 0.4) is 0 Å². The van der Waals surface area contributed by atoms with Gasteiger partial charge in [0.15, 0.2) is 0 Å². The molecule has 5 nitrogen and oxygen atoms in total. The number of aromatic nitrogens is 2. The van der Waals surface area contributed by atoms with Crippen LogP contribution in [0.4, 0.5) is 5.82 Å². The van der Waals surface area contributed by atoms with Gasteiger partial charge in [0.25, 0.3) is 0 Å². The van der Waals surface area contributed by atoms with Gasteiger partial charge in [-0.2, -0.15) is 0 Å². The first kappa shape index (κ1) is 17.7. The Morgan fingerprint density at radius 1 is 1.31 bits per heavy atom. The minimum atomic E-state index is -0.329. The summed E-state index contributed by atoms with van der Waals surface area (Å²) in [7, 11) is 0. The number of carbonyl (C=O) groups is 1. The molecule has 1 saturated heterocycles. The van der Waals surface area contributed by atoms with Crippen molar-refractivity contribution in [2.75, 3.05) is 24.5 Å². The summed E-state index contributed by atoms with van der Waals surface area (Å²) in [5.74, 6) is 1.72. The maximum Gasteiger partial charge on any atom is 0.225 e. The number of piperidine rings is 1. The largest absolute Gasteiger partial charge is 0.356 e. The summed E-state index contributed by atoms with van der Waals surface area (Å²) >= 11 is 1.85. The van der Waals surface area contributed by atoms with Crippen LogP contribution in [0.15, 0.2) is 6.33 Å². The van der Waals surface area contributed by atoms with E-state index in [1.54, 1.807) is 6.33 Å². The molecule has 4 rings (SSSR count). The van der Waals surface area contributed by atoms with Crippen molar-refractivity contribution in [2.45, 2.75) is 52.9 Å². The van der Waals surface area contributed by atoms with Crippen LogP contribution in [0.2, 0.25) is 0 Å². The Morgan fingerprint density at radius 2 is 2.15 bits per heavy atom. The van der Waals surface area contributed by atoms with Crippen molar-refractivity contribution in [3.8, 4) is 0 Å². The molecule has 3 heterocycles. The van der Waals surface area contributed by atoms with Gasteiger partial charge >= 0.3 is 0 Å². The second-order valence-electron chi connectivity index (χ2n) is 8.65. The molecule has 1 aliphatic heterocycles. The lowest BCUT2D eigenvalue weighted by Gasteiger charge is -2.34. The van der Waals surface area contributed by atoms with E-state index in [4.69, 9.17) is 0 Å². The predicted molar refractivity (Wildman–Crippen MR) is 107 cm³/mol. The van der Waals surface area contributed by atoms with Crippen LogP contribution in [-0.4, -0.2) is 35.5 Å². The first-order valence-electron chi connectivity index (χ1n) is 9.72. The van der Waals surface area contributed by atoms with Gasteiger partial charge in [-0.15, -0.1) is 11.3 Å². The summed E-state index contributed by atoms with van der Waals surface area (Å²) in [5, 5.41) is 4.44. The Hall–Kier alpha value is -1.69. The molecule has 1 N–H and O–H groups in total. The van der Waals surface area contributed by atoms with Crippen LogP contribution in [-0.2, 0) is 17.6 Å². The molecule has 2 aromatic heterocycles. The molecule has 1 amide bonds. The second-order valence-corrected chi connectivity index (χ2v) is 9.73. The molecule has 26 heavy (non-hydrogen) atoms. The number of anilines is 1. The molecule has 1 atom stereocenters. The first-order valence-corrected chi connectivity index (χ1v) is 10.5. The van der Waals surface area contributed by atoms with E-state index in [2.05, 4.69) is 20.2 Å². The summed E-state index contributed by atoms with van der Waals surface area (Å²) in [6.07, 6.45) is 7.64. The van der Waals surface area contributed by atoms with Crippen LogP contribution in [0.1, 0.15) is 50.5 Å². The summed E-state index contributed by atoms with van der Waals surface area (Å²) in [5.41, 5.74) is 1.16. The summed E-state index contributed by atoms with van der Waals surface area (Å²) < 4.78 is 0. The molecular formula is C20H28N4OS. The molecule has 140 valence electrons. The van der Waals surface area contributed by atoms with Crippen molar-refractivity contribution < 1.29 is 4.79 Å². The molecule has 0 radical (unpaired) electrons. The average Bonchev–Trinajstić information content (AvgIpc) is 3.19. The second kappa shape index (κ2) is 6.80. The average molecular weight is 373 g/mol. The van der Waals surface area contributed by atoms with E-state index in [0.717, 1.165) is 49.5 Å². The molecule has 1 fully saturated rings. The Bertz CT molecular complexity index is 823. The summed E-state index contributed by atoms with van der Waals surface area (Å²) in [6, 6.07) is 0. The van der Waals surface area contributed by atoms with E-state index >= 15 is 0 Å². The third kappa shape index (κ3) is 3.31. The van der Waals surface area contributed by atoms with E-state index in [1.807, 2.05) is 32.1 Å². The Morgan fingerprint density at radius 3 is 2.96 bits per heavy atom. The Labute approximate surface area is 159 Å². The zero-order valence-electron chi connectivity index (χ0n) is 16.0. The fourth-order valence-electron chi connectivity index (χ4n) is 4.08. The third-order valence-corrected chi connectivity index (χ3v) is 6.73.